The summed E-state index contributed by atoms with van der Waals surface area (Å²) in [6.07, 6.45) is 2.78. The van der Waals surface area contributed by atoms with Crippen molar-refractivity contribution >= 4 is 11.8 Å². The van der Waals surface area contributed by atoms with Crippen LogP contribution in [0.25, 0.3) is 0 Å². The normalized spacial score (nSPS) is 17.6. The van der Waals surface area contributed by atoms with Gasteiger partial charge in [-0.1, -0.05) is 45.0 Å². The number of hydrogen-bond acceptors (Lipinski definition) is 2. The van der Waals surface area contributed by atoms with Gasteiger partial charge >= 0.3 is 0 Å². The lowest BCUT2D eigenvalue weighted by atomic mass is 9.87. The van der Waals surface area contributed by atoms with E-state index < -0.39 is 0 Å². The lowest BCUT2D eigenvalue weighted by Crippen LogP contribution is -2.25. The van der Waals surface area contributed by atoms with Gasteiger partial charge in [0, 0.05) is 6.54 Å². The summed E-state index contributed by atoms with van der Waals surface area (Å²) in [6.45, 7) is 8.99. The van der Waals surface area contributed by atoms with Crippen LogP contribution in [0.2, 0.25) is 0 Å². The lowest BCUT2D eigenvalue weighted by Gasteiger charge is -2.22. The Kier molecular flexibility index (Phi) is 5.35. The number of nitrogens with one attached hydrogen (secondary N) is 1. The first-order valence-electron chi connectivity index (χ1n) is 7.43. The number of benzene rings is 1. The maximum Gasteiger partial charge on any atom is 0.0205 e. The fourth-order valence-electron chi connectivity index (χ4n) is 2.49. The predicted octanol–water partition coefficient (Wildman–Crippen LogP) is 4.22. The second kappa shape index (κ2) is 6.81. The molecule has 1 aliphatic heterocycles. The molecule has 1 fully saturated rings. The van der Waals surface area contributed by atoms with Gasteiger partial charge in [-0.05, 0) is 53.4 Å². The SMILES string of the molecule is CC(C)(C)c1ccc(CNCC2CCSCC2)cc1. The first-order valence-corrected chi connectivity index (χ1v) is 8.59. The zero-order valence-corrected chi connectivity index (χ0v) is 13.4. The van der Waals surface area contributed by atoms with E-state index in [1.165, 1.54) is 42.0 Å². The molecule has 1 N–H and O–H groups in total. The summed E-state index contributed by atoms with van der Waals surface area (Å²) in [7, 11) is 0. The third-order valence-electron chi connectivity index (χ3n) is 3.92. The van der Waals surface area contributed by atoms with E-state index in [4.69, 9.17) is 0 Å². The fraction of sp³-hybridized carbons (Fsp3) is 0.647. The van der Waals surface area contributed by atoms with Crippen LogP contribution < -0.4 is 5.32 Å². The molecule has 1 nitrogen and oxygen atoms in total. The van der Waals surface area contributed by atoms with Gasteiger partial charge in [0.1, 0.15) is 0 Å². The highest BCUT2D eigenvalue weighted by atomic mass is 32.2. The fourth-order valence-corrected chi connectivity index (χ4v) is 3.70. The monoisotopic (exact) mass is 277 g/mol. The maximum absolute atomic E-state index is 3.62. The molecule has 1 aromatic carbocycles. The van der Waals surface area contributed by atoms with Crippen LogP contribution in [0, 0.1) is 5.92 Å². The minimum atomic E-state index is 0.256. The maximum atomic E-state index is 3.62. The van der Waals surface area contributed by atoms with Crippen molar-refractivity contribution in [3.05, 3.63) is 35.4 Å². The lowest BCUT2D eigenvalue weighted by molar-refractivity contribution is 0.447. The van der Waals surface area contributed by atoms with Crippen molar-refractivity contribution in [2.45, 2.75) is 45.6 Å². The summed E-state index contributed by atoms with van der Waals surface area (Å²) in [4.78, 5) is 0. The molecule has 2 heteroatoms. The number of thioether (sulfide) groups is 1. The first-order chi connectivity index (χ1) is 9.05. The highest BCUT2D eigenvalue weighted by molar-refractivity contribution is 7.99. The third kappa shape index (κ3) is 4.85. The highest BCUT2D eigenvalue weighted by Gasteiger charge is 2.14. The van der Waals surface area contributed by atoms with E-state index in [-0.39, 0.29) is 5.41 Å². The molecule has 0 unspecified atom stereocenters. The van der Waals surface area contributed by atoms with Gasteiger partial charge in [0.15, 0.2) is 0 Å². The molecule has 0 aromatic heterocycles. The molecule has 1 saturated heterocycles. The quantitative estimate of drug-likeness (QED) is 0.884. The van der Waals surface area contributed by atoms with Crippen LogP contribution in [0.15, 0.2) is 24.3 Å². The molecule has 1 heterocycles. The van der Waals surface area contributed by atoms with Crippen molar-refractivity contribution in [2.75, 3.05) is 18.1 Å². The minimum Gasteiger partial charge on any atom is -0.312 e. The van der Waals surface area contributed by atoms with Crippen LogP contribution in [-0.2, 0) is 12.0 Å². The molecule has 0 radical (unpaired) electrons. The summed E-state index contributed by atoms with van der Waals surface area (Å²) in [5, 5.41) is 3.62. The van der Waals surface area contributed by atoms with Gasteiger partial charge < -0.3 is 5.32 Å². The molecular weight excluding hydrogens is 250 g/mol. The van der Waals surface area contributed by atoms with Gasteiger partial charge in [0.2, 0.25) is 0 Å². The Bertz CT molecular complexity index is 371. The van der Waals surface area contributed by atoms with E-state index in [2.05, 4.69) is 62.1 Å². The third-order valence-corrected chi connectivity index (χ3v) is 4.97. The Morgan fingerprint density at radius 3 is 2.32 bits per heavy atom. The standard InChI is InChI=1S/C17H27NS/c1-17(2,3)16-6-4-14(5-7-16)12-18-13-15-8-10-19-11-9-15/h4-7,15,18H,8-13H2,1-3H3. The summed E-state index contributed by atoms with van der Waals surface area (Å²) < 4.78 is 0. The van der Waals surface area contributed by atoms with E-state index in [0.29, 0.717) is 0 Å². The Labute approximate surface area is 122 Å². The minimum absolute atomic E-state index is 0.256. The second-order valence-electron chi connectivity index (χ2n) is 6.63. The summed E-state index contributed by atoms with van der Waals surface area (Å²) in [5.74, 6) is 3.61. The number of rotatable bonds is 4. The number of hydrogen-bond donors (Lipinski definition) is 1. The van der Waals surface area contributed by atoms with Gasteiger partial charge in [0.05, 0.1) is 0 Å². The van der Waals surface area contributed by atoms with Crippen molar-refractivity contribution in [3.63, 3.8) is 0 Å². The Hall–Kier alpha value is -0.470. The molecule has 0 spiro atoms. The zero-order chi connectivity index (χ0) is 13.7. The van der Waals surface area contributed by atoms with E-state index in [0.717, 1.165) is 12.5 Å². The van der Waals surface area contributed by atoms with Crippen molar-refractivity contribution < 1.29 is 0 Å². The van der Waals surface area contributed by atoms with Crippen molar-refractivity contribution in [1.29, 1.82) is 0 Å². The van der Waals surface area contributed by atoms with Crippen molar-refractivity contribution in [3.8, 4) is 0 Å². The van der Waals surface area contributed by atoms with E-state index >= 15 is 0 Å². The molecule has 0 saturated carbocycles. The molecule has 0 bridgehead atoms. The van der Waals surface area contributed by atoms with E-state index in [1.54, 1.807) is 0 Å². The van der Waals surface area contributed by atoms with Crippen LogP contribution in [0.1, 0.15) is 44.7 Å². The molecule has 1 aliphatic rings. The smallest absolute Gasteiger partial charge is 0.0205 e. The molecule has 106 valence electrons. The predicted molar refractivity (Wildman–Crippen MR) is 86.9 cm³/mol. The van der Waals surface area contributed by atoms with Crippen LogP contribution in [-0.4, -0.2) is 18.1 Å². The van der Waals surface area contributed by atoms with Gasteiger partial charge in [0.25, 0.3) is 0 Å². The largest absolute Gasteiger partial charge is 0.312 e. The van der Waals surface area contributed by atoms with Crippen molar-refractivity contribution in [2.24, 2.45) is 5.92 Å². The molecule has 1 aromatic rings. The van der Waals surface area contributed by atoms with Gasteiger partial charge in [-0.25, -0.2) is 0 Å². The average molecular weight is 277 g/mol. The first kappa shape index (κ1) is 14.9. The molecule has 0 amide bonds. The van der Waals surface area contributed by atoms with Gasteiger partial charge in [-0.2, -0.15) is 11.8 Å². The molecule has 0 aliphatic carbocycles. The molecule has 2 rings (SSSR count). The summed E-state index contributed by atoms with van der Waals surface area (Å²) in [6, 6.07) is 9.08. The topological polar surface area (TPSA) is 12.0 Å². The Balaban J connectivity index is 1.76. The second-order valence-corrected chi connectivity index (χ2v) is 7.86. The zero-order valence-electron chi connectivity index (χ0n) is 12.5. The highest BCUT2D eigenvalue weighted by Crippen LogP contribution is 2.23. The van der Waals surface area contributed by atoms with Crippen LogP contribution in [0.4, 0.5) is 0 Å². The van der Waals surface area contributed by atoms with E-state index in [1.807, 2.05) is 0 Å². The van der Waals surface area contributed by atoms with E-state index in [9.17, 15) is 0 Å². The Morgan fingerprint density at radius 1 is 1.11 bits per heavy atom. The average Bonchev–Trinajstić information content (AvgIpc) is 2.39. The van der Waals surface area contributed by atoms with Gasteiger partial charge in [-0.3, -0.25) is 0 Å². The molecule has 0 atom stereocenters. The summed E-state index contributed by atoms with van der Waals surface area (Å²) >= 11 is 2.10. The van der Waals surface area contributed by atoms with Crippen LogP contribution in [0.5, 0.6) is 0 Å². The van der Waals surface area contributed by atoms with Crippen molar-refractivity contribution in [1.82, 2.24) is 5.32 Å². The van der Waals surface area contributed by atoms with Crippen LogP contribution in [0.3, 0.4) is 0 Å². The Morgan fingerprint density at radius 2 is 1.74 bits per heavy atom. The van der Waals surface area contributed by atoms with Gasteiger partial charge in [-0.15, -0.1) is 0 Å². The molecular formula is C17H27NS. The van der Waals surface area contributed by atoms with Crippen LogP contribution >= 0.6 is 11.8 Å². The molecule has 19 heavy (non-hydrogen) atoms. The summed E-state index contributed by atoms with van der Waals surface area (Å²) in [5.41, 5.74) is 3.07.